The summed E-state index contributed by atoms with van der Waals surface area (Å²) in [5.41, 5.74) is 11.6. The van der Waals surface area contributed by atoms with Crippen molar-refractivity contribution in [3.63, 3.8) is 0 Å². The Morgan fingerprint density at radius 2 is 1.38 bits per heavy atom. The molecule has 1 aliphatic heterocycles. The van der Waals surface area contributed by atoms with E-state index < -0.39 is 12.1 Å². The van der Waals surface area contributed by atoms with Crippen LogP contribution in [0.5, 0.6) is 5.75 Å². The fraction of sp³-hybridized carbons (Fsp3) is 0.212. The Balaban J connectivity index is 1.36. The second kappa shape index (κ2) is 12.0. The number of phenolic OH excluding ortho intramolecular Hbond substituents is 1. The van der Waals surface area contributed by atoms with Crippen molar-refractivity contribution in [2.45, 2.75) is 37.4 Å². The van der Waals surface area contributed by atoms with Crippen molar-refractivity contribution in [1.29, 1.82) is 0 Å². The van der Waals surface area contributed by atoms with E-state index >= 15 is 0 Å². The van der Waals surface area contributed by atoms with Crippen molar-refractivity contribution in [2.24, 2.45) is 5.73 Å². The molecule has 4 N–H and O–H groups in total. The van der Waals surface area contributed by atoms with Crippen LogP contribution in [-0.2, 0) is 29.0 Å². The first-order chi connectivity index (χ1) is 19.0. The molecular formula is C33H33N3O3. The van der Waals surface area contributed by atoms with E-state index in [-0.39, 0.29) is 23.5 Å². The minimum absolute atomic E-state index is 0.0202. The molecule has 0 saturated carbocycles. The number of phenols is 1. The average Bonchev–Trinajstić information content (AvgIpc) is 2.98. The third kappa shape index (κ3) is 6.19. The van der Waals surface area contributed by atoms with Crippen LogP contribution in [-0.4, -0.2) is 40.4 Å². The van der Waals surface area contributed by atoms with Crippen LogP contribution in [0.15, 0.2) is 109 Å². The number of amides is 2. The molecule has 6 nitrogen and oxygen atoms in total. The van der Waals surface area contributed by atoms with E-state index in [9.17, 15) is 14.7 Å². The Hall–Kier alpha value is -4.42. The molecule has 0 unspecified atom stereocenters. The summed E-state index contributed by atoms with van der Waals surface area (Å²) < 4.78 is 0. The lowest BCUT2D eigenvalue weighted by atomic mass is 9.90. The van der Waals surface area contributed by atoms with Gasteiger partial charge in [-0.1, -0.05) is 97.1 Å². The van der Waals surface area contributed by atoms with E-state index in [2.05, 4.69) is 29.6 Å². The van der Waals surface area contributed by atoms with Gasteiger partial charge in [-0.25, -0.2) is 0 Å². The molecule has 0 radical (unpaired) electrons. The second-order valence-corrected chi connectivity index (χ2v) is 10.1. The number of hydrogen-bond acceptors (Lipinski definition) is 4. The van der Waals surface area contributed by atoms with E-state index in [1.54, 1.807) is 29.2 Å². The molecule has 0 spiro atoms. The minimum atomic E-state index is -0.809. The maximum absolute atomic E-state index is 13.7. The summed E-state index contributed by atoms with van der Waals surface area (Å²) in [6.07, 6.45) is 0.747. The number of benzene rings is 4. The number of nitrogens with zero attached hydrogens (tertiary/aromatic N) is 1. The van der Waals surface area contributed by atoms with Crippen molar-refractivity contribution in [1.82, 2.24) is 10.2 Å². The second-order valence-electron chi connectivity index (χ2n) is 10.1. The van der Waals surface area contributed by atoms with Crippen molar-refractivity contribution in [3.05, 3.63) is 137 Å². The molecule has 4 aromatic carbocycles. The zero-order valence-corrected chi connectivity index (χ0v) is 21.7. The van der Waals surface area contributed by atoms with Gasteiger partial charge in [-0.3, -0.25) is 9.59 Å². The van der Waals surface area contributed by atoms with Gasteiger partial charge >= 0.3 is 0 Å². The normalized spacial score (nSPS) is 15.4. The van der Waals surface area contributed by atoms with Gasteiger partial charge < -0.3 is 21.1 Å². The Morgan fingerprint density at radius 1 is 0.821 bits per heavy atom. The van der Waals surface area contributed by atoms with E-state index in [4.69, 9.17) is 5.73 Å². The van der Waals surface area contributed by atoms with Gasteiger partial charge in [0.1, 0.15) is 11.8 Å². The highest BCUT2D eigenvalue weighted by Crippen LogP contribution is 2.27. The predicted octanol–water partition coefficient (Wildman–Crippen LogP) is 4.16. The van der Waals surface area contributed by atoms with Gasteiger partial charge in [0.2, 0.25) is 11.8 Å². The molecule has 2 atom stereocenters. The highest BCUT2D eigenvalue weighted by molar-refractivity contribution is 5.90. The number of carbonyl (C=O) groups is 2. The van der Waals surface area contributed by atoms with Crippen LogP contribution in [0, 0.1) is 0 Å². The maximum Gasteiger partial charge on any atom is 0.243 e. The first-order valence-corrected chi connectivity index (χ1v) is 13.3. The van der Waals surface area contributed by atoms with Crippen molar-refractivity contribution >= 4 is 11.8 Å². The first-order valence-electron chi connectivity index (χ1n) is 13.3. The van der Waals surface area contributed by atoms with Crippen molar-refractivity contribution in [3.8, 4) is 5.75 Å². The average molecular weight is 520 g/mol. The molecule has 198 valence electrons. The number of hydrogen-bond donors (Lipinski definition) is 3. The van der Waals surface area contributed by atoms with Crippen LogP contribution in [0.2, 0.25) is 0 Å². The van der Waals surface area contributed by atoms with E-state index in [1.165, 1.54) is 0 Å². The van der Waals surface area contributed by atoms with Crippen LogP contribution in [0.4, 0.5) is 0 Å². The summed E-state index contributed by atoms with van der Waals surface area (Å²) in [4.78, 5) is 29.0. The van der Waals surface area contributed by atoms with Gasteiger partial charge in [-0.2, -0.15) is 0 Å². The minimum Gasteiger partial charge on any atom is -0.508 e. The van der Waals surface area contributed by atoms with Crippen molar-refractivity contribution < 1.29 is 14.7 Å². The summed E-state index contributed by atoms with van der Waals surface area (Å²) in [6, 6.07) is 33.4. The number of carbonyl (C=O) groups excluding carboxylic acids is 2. The third-order valence-corrected chi connectivity index (χ3v) is 7.43. The lowest BCUT2D eigenvalue weighted by Crippen LogP contribution is -2.57. The van der Waals surface area contributed by atoms with Gasteiger partial charge in [-0.15, -0.1) is 0 Å². The number of nitrogens with two attached hydrogens (primary N) is 1. The SMILES string of the molecule is N[C@@H](Cc1ccc(O)cc1)C(=O)N1Cc2ccccc2C[C@H]1C(=O)NCC(c1ccccc1)c1ccccc1. The Bertz CT molecular complexity index is 1370. The molecule has 1 heterocycles. The van der Waals surface area contributed by atoms with Gasteiger partial charge in [0.15, 0.2) is 0 Å². The summed E-state index contributed by atoms with van der Waals surface area (Å²) in [7, 11) is 0. The standard InChI is InChI=1S/C33H33N3O3/c34-30(19-23-15-17-28(37)18-16-23)33(39)36-22-27-14-8-7-13-26(27)20-31(36)32(38)35-21-29(24-9-3-1-4-10-24)25-11-5-2-6-12-25/h1-18,29-31,37H,19-22,34H2,(H,35,38)/t30-,31-/m0/s1. The smallest absolute Gasteiger partial charge is 0.243 e. The Kier molecular flexibility index (Phi) is 8.04. The number of nitrogens with one attached hydrogen (secondary N) is 1. The molecule has 6 heteroatoms. The molecular weight excluding hydrogens is 486 g/mol. The molecule has 0 fully saturated rings. The quantitative estimate of drug-likeness (QED) is 0.326. The zero-order chi connectivity index (χ0) is 27.2. The zero-order valence-electron chi connectivity index (χ0n) is 21.7. The Labute approximate surface area is 229 Å². The van der Waals surface area contributed by atoms with Gasteiger partial charge in [0.25, 0.3) is 0 Å². The van der Waals surface area contributed by atoms with Gasteiger partial charge in [0, 0.05) is 25.4 Å². The van der Waals surface area contributed by atoms with Gasteiger partial charge in [-0.05, 0) is 46.4 Å². The van der Waals surface area contributed by atoms with E-state index in [0.717, 1.165) is 27.8 Å². The highest BCUT2D eigenvalue weighted by atomic mass is 16.3. The molecule has 39 heavy (non-hydrogen) atoms. The summed E-state index contributed by atoms with van der Waals surface area (Å²) in [6.45, 7) is 0.740. The lowest BCUT2D eigenvalue weighted by molar-refractivity contribution is -0.142. The molecule has 0 saturated heterocycles. The molecule has 0 aliphatic carbocycles. The van der Waals surface area contributed by atoms with E-state index in [1.807, 2.05) is 60.7 Å². The van der Waals surface area contributed by atoms with Gasteiger partial charge in [0.05, 0.1) is 6.04 Å². The molecule has 1 aliphatic rings. The molecule has 0 aromatic heterocycles. The van der Waals surface area contributed by atoms with Crippen LogP contribution in [0.1, 0.15) is 33.7 Å². The van der Waals surface area contributed by atoms with Crippen molar-refractivity contribution in [2.75, 3.05) is 6.54 Å². The molecule has 5 rings (SSSR count). The highest BCUT2D eigenvalue weighted by Gasteiger charge is 2.36. The summed E-state index contributed by atoms with van der Waals surface area (Å²) in [5, 5.41) is 12.7. The van der Waals surface area contributed by atoms with E-state index in [0.29, 0.717) is 25.9 Å². The molecule has 0 bridgehead atoms. The molecule has 4 aromatic rings. The third-order valence-electron chi connectivity index (χ3n) is 7.43. The summed E-state index contributed by atoms with van der Waals surface area (Å²) >= 11 is 0. The van der Waals surface area contributed by atoms with Crippen LogP contribution in [0.25, 0.3) is 0 Å². The fourth-order valence-electron chi connectivity index (χ4n) is 5.29. The topological polar surface area (TPSA) is 95.7 Å². The summed E-state index contributed by atoms with van der Waals surface area (Å²) in [5.74, 6) is -0.313. The number of fused-ring (bicyclic) bond motifs is 1. The Morgan fingerprint density at radius 3 is 2.00 bits per heavy atom. The molecule has 2 amide bonds. The first kappa shape index (κ1) is 26.2. The number of aromatic hydroxyl groups is 1. The number of rotatable bonds is 8. The van der Waals surface area contributed by atoms with Crippen LogP contribution < -0.4 is 11.1 Å². The van der Waals surface area contributed by atoms with Crippen LogP contribution >= 0.6 is 0 Å². The van der Waals surface area contributed by atoms with Crippen LogP contribution in [0.3, 0.4) is 0 Å². The largest absolute Gasteiger partial charge is 0.508 e. The fourth-order valence-corrected chi connectivity index (χ4v) is 5.29. The lowest BCUT2D eigenvalue weighted by Gasteiger charge is -2.37. The predicted molar refractivity (Wildman–Crippen MR) is 152 cm³/mol. The monoisotopic (exact) mass is 519 g/mol. The maximum atomic E-state index is 13.7.